The molecule has 0 heterocycles. The fourth-order valence-corrected chi connectivity index (χ4v) is 1.24. The predicted molar refractivity (Wildman–Crippen MR) is 62.6 cm³/mol. The zero-order valence-corrected chi connectivity index (χ0v) is 9.78. The number of rotatable bonds is 4. The summed E-state index contributed by atoms with van der Waals surface area (Å²) < 4.78 is 4.60. The van der Waals surface area contributed by atoms with Gasteiger partial charge < -0.3 is 15.2 Å². The Hall–Kier alpha value is -1.55. The molecule has 0 saturated heterocycles. The molecule has 0 aliphatic carbocycles. The zero-order chi connectivity index (χ0) is 12.2. The third-order valence-corrected chi connectivity index (χ3v) is 2.18. The predicted octanol–water partition coefficient (Wildman–Crippen LogP) is 1.66. The van der Waals surface area contributed by atoms with E-state index in [1.165, 1.54) is 7.11 Å². The molecular weight excluding hydrogens is 206 g/mol. The van der Waals surface area contributed by atoms with Crippen molar-refractivity contribution in [1.29, 1.82) is 0 Å². The lowest BCUT2D eigenvalue weighted by atomic mass is 10.1. The Labute approximate surface area is 95.2 Å². The van der Waals surface area contributed by atoms with Crippen LogP contribution in [0.4, 0.5) is 5.69 Å². The summed E-state index contributed by atoms with van der Waals surface area (Å²) >= 11 is 0. The van der Waals surface area contributed by atoms with Crippen molar-refractivity contribution in [3.05, 3.63) is 29.8 Å². The number of aliphatic hydroxyl groups is 1. The van der Waals surface area contributed by atoms with E-state index in [1.54, 1.807) is 24.3 Å². The highest BCUT2D eigenvalue weighted by molar-refractivity contribution is 5.89. The van der Waals surface area contributed by atoms with Crippen LogP contribution in [0.3, 0.4) is 0 Å². The SMILES string of the molecule is COC(=O)c1ccc(NC(C)(C)CO)cc1. The second-order valence-electron chi connectivity index (χ2n) is 4.24. The Morgan fingerprint density at radius 2 is 1.94 bits per heavy atom. The lowest BCUT2D eigenvalue weighted by Gasteiger charge is -2.24. The molecule has 0 aromatic heterocycles. The van der Waals surface area contributed by atoms with Crippen LogP contribution in [0.15, 0.2) is 24.3 Å². The van der Waals surface area contributed by atoms with Crippen LogP contribution in [0.5, 0.6) is 0 Å². The molecule has 0 atom stereocenters. The number of hydrogen-bond donors (Lipinski definition) is 2. The molecule has 0 bridgehead atoms. The number of carbonyl (C=O) groups is 1. The number of esters is 1. The summed E-state index contributed by atoms with van der Waals surface area (Å²) in [7, 11) is 1.35. The molecule has 0 saturated carbocycles. The number of benzene rings is 1. The van der Waals surface area contributed by atoms with Gasteiger partial charge in [0, 0.05) is 5.69 Å². The molecule has 88 valence electrons. The summed E-state index contributed by atoms with van der Waals surface area (Å²) in [5.74, 6) is -0.354. The van der Waals surface area contributed by atoms with Gasteiger partial charge in [-0.1, -0.05) is 0 Å². The molecule has 0 fully saturated rings. The van der Waals surface area contributed by atoms with Crippen molar-refractivity contribution < 1.29 is 14.6 Å². The number of hydrogen-bond acceptors (Lipinski definition) is 4. The Bertz CT molecular complexity index is 357. The van der Waals surface area contributed by atoms with Crippen LogP contribution >= 0.6 is 0 Å². The lowest BCUT2D eigenvalue weighted by Crippen LogP contribution is -2.34. The van der Waals surface area contributed by atoms with Crippen LogP contribution in [-0.2, 0) is 4.74 Å². The van der Waals surface area contributed by atoms with Gasteiger partial charge in [0.2, 0.25) is 0 Å². The van der Waals surface area contributed by atoms with Crippen molar-refractivity contribution in [2.24, 2.45) is 0 Å². The van der Waals surface area contributed by atoms with E-state index in [0.717, 1.165) is 5.69 Å². The zero-order valence-electron chi connectivity index (χ0n) is 9.78. The van der Waals surface area contributed by atoms with Crippen LogP contribution in [0.2, 0.25) is 0 Å². The van der Waals surface area contributed by atoms with Crippen LogP contribution in [0.1, 0.15) is 24.2 Å². The van der Waals surface area contributed by atoms with E-state index in [9.17, 15) is 4.79 Å². The molecule has 4 nitrogen and oxygen atoms in total. The van der Waals surface area contributed by atoms with Gasteiger partial charge in [-0.25, -0.2) is 4.79 Å². The Morgan fingerprint density at radius 3 is 2.38 bits per heavy atom. The van der Waals surface area contributed by atoms with E-state index in [0.29, 0.717) is 5.56 Å². The van der Waals surface area contributed by atoms with Gasteiger partial charge in [0.1, 0.15) is 0 Å². The highest BCUT2D eigenvalue weighted by atomic mass is 16.5. The molecule has 0 unspecified atom stereocenters. The fourth-order valence-electron chi connectivity index (χ4n) is 1.24. The molecule has 0 spiro atoms. The molecule has 1 rings (SSSR count). The average molecular weight is 223 g/mol. The quantitative estimate of drug-likeness (QED) is 0.762. The third-order valence-electron chi connectivity index (χ3n) is 2.18. The largest absolute Gasteiger partial charge is 0.465 e. The van der Waals surface area contributed by atoms with E-state index >= 15 is 0 Å². The number of methoxy groups -OCH3 is 1. The molecule has 0 radical (unpaired) electrons. The van der Waals surface area contributed by atoms with Crippen LogP contribution in [0, 0.1) is 0 Å². The second-order valence-corrected chi connectivity index (χ2v) is 4.24. The first-order valence-corrected chi connectivity index (χ1v) is 5.06. The number of aliphatic hydroxyl groups excluding tert-OH is 1. The minimum atomic E-state index is -0.382. The highest BCUT2D eigenvalue weighted by Crippen LogP contribution is 2.15. The standard InChI is InChI=1S/C12H17NO3/c1-12(2,8-14)13-10-6-4-9(5-7-10)11(15)16-3/h4-7,13-14H,8H2,1-3H3. The van der Waals surface area contributed by atoms with Crippen LogP contribution < -0.4 is 5.32 Å². The Balaban J connectivity index is 2.76. The molecule has 1 aromatic rings. The van der Waals surface area contributed by atoms with E-state index in [2.05, 4.69) is 10.1 Å². The molecule has 16 heavy (non-hydrogen) atoms. The molecule has 0 amide bonds. The average Bonchev–Trinajstić information content (AvgIpc) is 2.28. The molecule has 0 aliphatic rings. The first-order chi connectivity index (χ1) is 7.48. The van der Waals surface area contributed by atoms with E-state index in [4.69, 9.17) is 5.11 Å². The molecule has 0 aliphatic heterocycles. The maximum Gasteiger partial charge on any atom is 0.337 e. The number of carbonyl (C=O) groups excluding carboxylic acids is 1. The van der Waals surface area contributed by atoms with Crippen LogP contribution in [-0.4, -0.2) is 30.3 Å². The third kappa shape index (κ3) is 3.24. The summed E-state index contributed by atoms with van der Waals surface area (Å²) in [6.45, 7) is 3.81. The first-order valence-electron chi connectivity index (χ1n) is 5.06. The maximum atomic E-state index is 11.2. The minimum absolute atomic E-state index is 0.0335. The Kier molecular flexibility index (Phi) is 3.90. The van der Waals surface area contributed by atoms with Gasteiger partial charge >= 0.3 is 5.97 Å². The smallest absolute Gasteiger partial charge is 0.337 e. The van der Waals surface area contributed by atoms with Gasteiger partial charge in [0.15, 0.2) is 0 Å². The van der Waals surface area contributed by atoms with Crippen molar-refractivity contribution in [3.8, 4) is 0 Å². The second kappa shape index (κ2) is 4.99. The van der Waals surface area contributed by atoms with E-state index < -0.39 is 0 Å². The number of ether oxygens (including phenoxy) is 1. The first kappa shape index (κ1) is 12.5. The number of anilines is 1. The van der Waals surface area contributed by atoms with E-state index in [1.807, 2.05) is 13.8 Å². The highest BCUT2D eigenvalue weighted by Gasteiger charge is 2.15. The van der Waals surface area contributed by atoms with Crippen LogP contribution in [0.25, 0.3) is 0 Å². The van der Waals surface area contributed by atoms with Crippen molar-refractivity contribution in [2.75, 3.05) is 19.0 Å². The topological polar surface area (TPSA) is 58.6 Å². The van der Waals surface area contributed by atoms with Gasteiger partial charge in [0.05, 0.1) is 24.8 Å². The summed E-state index contributed by atoms with van der Waals surface area (Å²) in [4.78, 5) is 11.2. The normalized spacial score (nSPS) is 11.0. The molecule has 1 aromatic carbocycles. The van der Waals surface area contributed by atoms with Crippen molar-refractivity contribution in [1.82, 2.24) is 0 Å². The van der Waals surface area contributed by atoms with Gasteiger partial charge in [-0.2, -0.15) is 0 Å². The van der Waals surface area contributed by atoms with Crippen molar-refractivity contribution in [3.63, 3.8) is 0 Å². The summed E-state index contributed by atoms with van der Waals surface area (Å²) in [6.07, 6.45) is 0. The summed E-state index contributed by atoms with van der Waals surface area (Å²) in [5.41, 5.74) is 0.980. The minimum Gasteiger partial charge on any atom is -0.465 e. The molecule has 4 heteroatoms. The van der Waals surface area contributed by atoms with Gasteiger partial charge in [-0.3, -0.25) is 0 Å². The van der Waals surface area contributed by atoms with Gasteiger partial charge in [0.25, 0.3) is 0 Å². The lowest BCUT2D eigenvalue weighted by molar-refractivity contribution is 0.0601. The van der Waals surface area contributed by atoms with E-state index in [-0.39, 0.29) is 18.1 Å². The van der Waals surface area contributed by atoms with Crippen molar-refractivity contribution in [2.45, 2.75) is 19.4 Å². The Morgan fingerprint density at radius 1 is 1.38 bits per heavy atom. The summed E-state index contributed by atoms with van der Waals surface area (Å²) in [6, 6.07) is 6.93. The fraction of sp³-hybridized carbons (Fsp3) is 0.417. The molecular formula is C12H17NO3. The summed E-state index contributed by atoms with van der Waals surface area (Å²) in [5, 5.41) is 12.2. The van der Waals surface area contributed by atoms with Gasteiger partial charge in [-0.15, -0.1) is 0 Å². The molecule has 2 N–H and O–H groups in total. The van der Waals surface area contributed by atoms with Gasteiger partial charge in [-0.05, 0) is 38.1 Å². The number of nitrogens with one attached hydrogen (secondary N) is 1. The monoisotopic (exact) mass is 223 g/mol. The maximum absolute atomic E-state index is 11.2. The van der Waals surface area contributed by atoms with Crippen molar-refractivity contribution >= 4 is 11.7 Å².